The zero-order chi connectivity index (χ0) is 16.9. The smallest absolute Gasteiger partial charge is 0.326 e. The van der Waals surface area contributed by atoms with Gasteiger partial charge in [0, 0.05) is 11.6 Å². The molecule has 5 heteroatoms. The summed E-state index contributed by atoms with van der Waals surface area (Å²) in [6, 6.07) is 14.4. The van der Waals surface area contributed by atoms with Crippen molar-refractivity contribution < 1.29 is 18.0 Å². The summed E-state index contributed by atoms with van der Waals surface area (Å²) >= 11 is 0. The van der Waals surface area contributed by atoms with Gasteiger partial charge in [0.1, 0.15) is 0 Å². The van der Waals surface area contributed by atoms with Gasteiger partial charge in [-0.15, -0.1) is 0 Å². The monoisotopic (exact) mass is 321 g/mol. The molecule has 1 unspecified atom stereocenters. The van der Waals surface area contributed by atoms with Crippen molar-refractivity contribution in [3.8, 4) is 0 Å². The zero-order valence-electron chi connectivity index (χ0n) is 12.7. The standard InChI is InChI=1S/C18H18F3NO/c1-13(10-11-14-6-3-2-4-7-14)17(23)22-16-9-5-8-15(12-16)18(19,20)21/h2-9,12-13H,10-11H2,1H3,(H,22,23). The van der Waals surface area contributed by atoms with Gasteiger partial charge in [0.25, 0.3) is 0 Å². The highest BCUT2D eigenvalue weighted by molar-refractivity contribution is 5.92. The lowest BCUT2D eigenvalue weighted by atomic mass is 10.0. The van der Waals surface area contributed by atoms with E-state index in [-0.39, 0.29) is 17.5 Å². The summed E-state index contributed by atoms with van der Waals surface area (Å²) in [5.74, 6) is -0.565. The maximum Gasteiger partial charge on any atom is 0.416 e. The molecule has 0 heterocycles. The Morgan fingerprint density at radius 3 is 2.43 bits per heavy atom. The molecule has 23 heavy (non-hydrogen) atoms. The van der Waals surface area contributed by atoms with Crippen molar-refractivity contribution in [2.45, 2.75) is 25.9 Å². The van der Waals surface area contributed by atoms with Gasteiger partial charge in [0.2, 0.25) is 5.91 Å². The second-order valence-corrected chi connectivity index (χ2v) is 5.49. The molecule has 0 aliphatic rings. The average molecular weight is 321 g/mol. The molecule has 0 saturated heterocycles. The fourth-order valence-electron chi connectivity index (χ4n) is 2.20. The lowest BCUT2D eigenvalue weighted by molar-refractivity contribution is -0.137. The van der Waals surface area contributed by atoms with E-state index in [2.05, 4.69) is 5.32 Å². The SMILES string of the molecule is CC(CCc1ccccc1)C(=O)Nc1cccc(C(F)(F)F)c1. The van der Waals surface area contributed by atoms with Gasteiger partial charge in [-0.25, -0.2) is 0 Å². The first-order valence-corrected chi connectivity index (χ1v) is 7.38. The molecule has 2 aromatic carbocycles. The maximum absolute atomic E-state index is 12.7. The van der Waals surface area contributed by atoms with Crippen LogP contribution in [0, 0.1) is 5.92 Å². The number of nitrogens with one attached hydrogen (secondary N) is 1. The van der Waals surface area contributed by atoms with Gasteiger partial charge in [0.15, 0.2) is 0 Å². The van der Waals surface area contributed by atoms with Crippen LogP contribution >= 0.6 is 0 Å². The maximum atomic E-state index is 12.7. The minimum atomic E-state index is -4.42. The van der Waals surface area contributed by atoms with E-state index in [1.54, 1.807) is 6.92 Å². The first-order chi connectivity index (χ1) is 10.9. The Hall–Kier alpha value is -2.30. The molecule has 1 N–H and O–H groups in total. The fourth-order valence-corrected chi connectivity index (χ4v) is 2.20. The Morgan fingerprint density at radius 1 is 1.09 bits per heavy atom. The topological polar surface area (TPSA) is 29.1 Å². The van der Waals surface area contributed by atoms with Crippen LogP contribution in [0.2, 0.25) is 0 Å². The minimum Gasteiger partial charge on any atom is -0.326 e. The molecule has 2 nitrogen and oxygen atoms in total. The number of aryl methyl sites for hydroxylation is 1. The molecule has 1 atom stereocenters. The third-order valence-electron chi connectivity index (χ3n) is 3.61. The summed E-state index contributed by atoms with van der Waals surface area (Å²) in [7, 11) is 0. The van der Waals surface area contributed by atoms with Gasteiger partial charge in [-0.05, 0) is 36.6 Å². The highest BCUT2D eigenvalue weighted by atomic mass is 19.4. The zero-order valence-corrected chi connectivity index (χ0v) is 12.7. The second kappa shape index (κ2) is 7.31. The Balaban J connectivity index is 1.93. The molecule has 0 aliphatic heterocycles. The van der Waals surface area contributed by atoms with Crippen LogP contribution in [0.3, 0.4) is 0 Å². The number of hydrogen-bond acceptors (Lipinski definition) is 1. The highest BCUT2D eigenvalue weighted by Gasteiger charge is 2.30. The largest absolute Gasteiger partial charge is 0.416 e. The number of carbonyl (C=O) groups excluding carboxylic acids is 1. The molecule has 0 radical (unpaired) electrons. The lowest BCUT2D eigenvalue weighted by Gasteiger charge is -2.13. The fraction of sp³-hybridized carbons (Fsp3) is 0.278. The average Bonchev–Trinajstić information content (AvgIpc) is 2.53. The molecular weight excluding hydrogens is 303 g/mol. The van der Waals surface area contributed by atoms with Crippen molar-refractivity contribution >= 4 is 11.6 Å². The van der Waals surface area contributed by atoms with E-state index in [0.717, 1.165) is 24.1 Å². The highest BCUT2D eigenvalue weighted by Crippen LogP contribution is 2.30. The number of halogens is 3. The van der Waals surface area contributed by atoms with Crippen LogP contribution in [0.25, 0.3) is 0 Å². The Labute approximate surface area is 133 Å². The van der Waals surface area contributed by atoms with Gasteiger partial charge >= 0.3 is 6.18 Å². The van der Waals surface area contributed by atoms with Gasteiger partial charge < -0.3 is 5.32 Å². The predicted octanol–water partition coefficient (Wildman–Crippen LogP) is 4.91. The van der Waals surface area contributed by atoms with Crippen LogP contribution in [0.5, 0.6) is 0 Å². The van der Waals surface area contributed by atoms with Crippen LogP contribution in [-0.4, -0.2) is 5.91 Å². The molecule has 1 amide bonds. The molecule has 0 bridgehead atoms. The summed E-state index contributed by atoms with van der Waals surface area (Å²) in [4.78, 5) is 12.1. The van der Waals surface area contributed by atoms with E-state index in [1.165, 1.54) is 12.1 Å². The van der Waals surface area contributed by atoms with Crippen LogP contribution in [0.4, 0.5) is 18.9 Å². The van der Waals surface area contributed by atoms with Gasteiger partial charge in [-0.3, -0.25) is 4.79 Å². The summed E-state index contributed by atoms with van der Waals surface area (Å²) in [5, 5.41) is 2.55. The molecule has 2 aromatic rings. The number of hydrogen-bond donors (Lipinski definition) is 1. The molecule has 0 aromatic heterocycles. The molecular formula is C18H18F3NO. The number of anilines is 1. The van der Waals surface area contributed by atoms with Crippen molar-refractivity contribution in [3.63, 3.8) is 0 Å². The number of alkyl halides is 3. The number of amides is 1. The molecule has 122 valence electrons. The summed E-state index contributed by atoms with van der Waals surface area (Å²) in [6.07, 6.45) is -3.04. The third-order valence-corrected chi connectivity index (χ3v) is 3.61. The predicted molar refractivity (Wildman–Crippen MR) is 84.0 cm³/mol. The van der Waals surface area contributed by atoms with Crippen LogP contribution < -0.4 is 5.32 Å². The second-order valence-electron chi connectivity index (χ2n) is 5.49. The summed E-state index contributed by atoms with van der Waals surface area (Å²) in [6.45, 7) is 1.77. The van der Waals surface area contributed by atoms with Gasteiger partial charge in [-0.1, -0.05) is 43.3 Å². The number of rotatable bonds is 5. The van der Waals surface area contributed by atoms with Crippen LogP contribution in [0.15, 0.2) is 54.6 Å². The minimum absolute atomic E-state index is 0.163. The van der Waals surface area contributed by atoms with E-state index in [9.17, 15) is 18.0 Å². The third kappa shape index (κ3) is 5.13. The van der Waals surface area contributed by atoms with E-state index in [1.807, 2.05) is 30.3 Å². The first kappa shape index (κ1) is 17.1. The van der Waals surface area contributed by atoms with Crippen LogP contribution in [-0.2, 0) is 17.4 Å². The quantitative estimate of drug-likeness (QED) is 0.832. The Kier molecular flexibility index (Phi) is 5.42. The number of carbonyl (C=O) groups is 1. The van der Waals surface area contributed by atoms with Crippen molar-refractivity contribution in [1.29, 1.82) is 0 Å². The van der Waals surface area contributed by atoms with Crippen molar-refractivity contribution in [3.05, 3.63) is 65.7 Å². The summed E-state index contributed by atoms with van der Waals surface area (Å²) in [5.41, 5.74) is 0.523. The first-order valence-electron chi connectivity index (χ1n) is 7.38. The lowest BCUT2D eigenvalue weighted by Crippen LogP contribution is -2.21. The molecule has 0 saturated carbocycles. The van der Waals surface area contributed by atoms with E-state index < -0.39 is 11.7 Å². The van der Waals surface area contributed by atoms with Crippen molar-refractivity contribution in [2.75, 3.05) is 5.32 Å². The van der Waals surface area contributed by atoms with Gasteiger partial charge in [-0.2, -0.15) is 13.2 Å². The van der Waals surface area contributed by atoms with Gasteiger partial charge in [0.05, 0.1) is 5.56 Å². The number of benzene rings is 2. The molecule has 2 rings (SSSR count). The van der Waals surface area contributed by atoms with E-state index in [0.29, 0.717) is 6.42 Å². The van der Waals surface area contributed by atoms with Crippen molar-refractivity contribution in [2.24, 2.45) is 5.92 Å². The summed E-state index contributed by atoms with van der Waals surface area (Å²) < 4.78 is 38.0. The van der Waals surface area contributed by atoms with E-state index in [4.69, 9.17) is 0 Å². The Bertz CT molecular complexity index is 653. The molecule has 0 fully saturated rings. The van der Waals surface area contributed by atoms with Crippen LogP contribution in [0.1, 0.15) is 24.5 Å². The van der Waals surface area contributed by atoms with E-state index >= 15 is 0 Å². The normalized spacial score (nSPS) is 12.7. The Morgan fingerprint density at radius 2 is 1.78 bits per heavy atom. The molecule has 0 aliphatic carbocycles. The molecule has 0 spiro atoms. The van der Waals surface area contributed by atoms with Crippen molar-refractivity contribution in [1.82, 2.24) is 0 Å².